The molecule has 0 N–H and O–H groups in total. The van der Waals surface area contributed by atoms with Crippen molar-refractivity contribution in [2.75, 3.05) is 18.0 Å². The highest BCUT2D eigenvalue weighted by molar-refractivity contribution is 5.81. The van der Waals surface area contributed by atoms with Crippen LogP contribution in [0.4, 0.5) is 5.69 Å². The quantitative estimate of drug-likeness (QED) is 0.316. The van der Waals surface area contributed by atoms with Gasteiger partial charge < -0.3 is 4.90 Å². The second kappa shape index (κ2) is 9.18. The highest BCUT2D eigenvalue weighted by Gasteiger charge is 2.20. The topological polar surface area (TPSA) is 27.0 Å². The second-order valence-electron chi connectivity index (χ2n) is 8.27. The van der Waals surface area contributed by atoms with Crippen molar-refractivity contribution in [2.24, 2.45) is 0 Å². The van der Waals surface area contributed by atoms with E-state index in [0.29, 0.717) is 5.56 Å². The number of hydrogen-bond donors (Lipinski definition) is 0. The molecule has 152 valence electrons. The van der Waals surface area contributed by atoms with Gasteiger partial charge in [0.15, 0.2) is 0 Å². The molecule has 3 aromatic rings. The van der Waals surface area contributed by atoms with Crippen LogP contribution in [0.3, 0.4) is 0 Å². The molecule has 1 aliphatic carbocycles. The highest BCUT2D eigenvalue weighted by Crippen LogP contribution is 2.40. The van der Waals surface area contributed by atoms with Crippen molar-refractivity contribution in [1.29, 1.82) is 5.26 Å². The predicted octanol–water partition coefficient (Wildman–Crippen LogP) is 7.20. The van der Waals surface area contributed by atoms with Crippen LogP contribution in [0.2, 0.25) is 0 Å². The van der Waals surface area contributed by atoms with Gasteiger partial charge in [0.2, 0.25) is 0 Å². The summed E-state index contributed by atoms with van der Waals surface area (Å²) in [6, 6.07) is 23.9. The fourth-order valence-corrected chi connectivity index (χ4v) is 4.38. The third kappa shape index (κ3) is 4.12. The molecule has 0 heterocycles. The van der Waals surface area contributed by atoms with Gasteiger partial charge >= 0.3 is 0 Å². The molecule has 0 fully saturated rings. The standard InChI is InChI=1S/C28H30N2/c1-3-5-15-30(16-6-4-2)26-12-14-28-25(19-26)18-24-17-23(11-13-27(24)28)22-9-7-21(20-29)8-10-22/h7-14,17,19H,3-6,15-16,18H2,1-2H3. The van der Waals surface area contributed by atoms with Gasteiger partial charge in [0, 0.05) is 18.8 Å². The molecule has 30 heavy (non-hydrogen) atoms. The largest absolute Gasteiger partial charge is 0.372 e. The summed E-state index contributed by atoms with van der Waals surface area (Å²) in [6.45, 7) is 6.82. The van der Waals surface area contributed by atoms with Crippen LogP contribution in [0.25, 0.3) is 22.3 Å². The summed E-state index contributed by atoms with van der Waals surface area (Å²) in [5, 5.41) is 9.03. The number of hydrogen-bond acceptors (Lipinski definition) is 2. The van der Waals surface area contributed by atoms with Gasteiger partial charge in [-0.1, -0.05) is 63.1 Å². The molecule has 0 aromatic heterocycles. The average molecular weight is 395 g/mol. The number of anilines is 1. The molecule has 0 radical (unpaired) electrons. The molecule has 3 aromatic carbocycles. The van der Waals surface area contributed by atoms with Crippen LogP contribution in [0.1, 0.15) is 56.2 Å². The van der Waals surface area contributed by atoms with Crippen molar-refractivity contribution in [3.63, 3.8) is 0 Å². The fraction of sp³-hybridized carbons (Fsp3) is 0.321. The van der Waals surface area contributed by atoms with Gasteiger partial charge in [-0.25, -0.2) is 0 Å². The van der Waals surface area contributed by atoms with Crippen LogP contribution in [0.5, 0.6) is 0 Å². The molecule has 1 aliphatic rings. The lowest BCUT2D eigenvalue weighted by atomic mass is 9.98. The van der Waals surface area contributed by atoms with Crippen LogP contribution < -0.4 is 4.90 Å². The zero-order valence-corrected chi connectivity index (χ0v) is 18.1. The van der Waals surface area contributed by atoms with Gasteiger partial charge in [-0.3, -0.25) is 0 Å². The van der Waals surface area contributed by atoms with Gasteiger partial charge in [0.1, 0.15) is 0 Å². The summed E-state index contributed by atoms with van der Waals surface area (Å²) in [6.07, 6.45) is 5.95. The molecule has 0 unspecified atom stereocenters. The maximum absolute atomic E-state index is 9.03. The Labute approximate surface area is 180 Å². The first-order valence-corrected chi connectivity index (χ1v) is 11.2. The predicted molar refractivity (Wildman–Crippen MR) is 127 cm³/mol. The molecule has 2 nitrogen and oxygen atoms in total. The number of fused-ring (bicyclic) bond motifs is 3. The first-order chi connectivity index (χ1) is 14.7. The van der Waals surface area contributed by atoms with E-state index in [0.717, 1.165) is 19.5 Å². The highest BCUT2D eigenvalue weighted by atomic mass is 15.1. The zero-order chi connectivity index (χ0) is 20.9. The Hall–Kier alpha value is -3.05. The average Bonchev–Trinajstić information content (AvgIpc) is 3.16. The van der Waals surface area contributed by atoms with E-state index < -0.39 is 0 Å². The maximum atomic E-state index is 9.03. The van der Waals surface area contributed by atoms with Crippen molar-refractivity contribution < 1.29 is 0 Å². The number of unbranched alkanes of at least 4 members (excludes halogenated alkanes) is 2. The normalized spacial score (nSPS) is 11.6. The molecule has 0 bridgehead atoms. The number of nitriles is 1. The summed E-state index contributed by atoms with van der Waals surface area (Å²) in [7, 11) is 0. The summed E-state index contributed by atoms with van der Waals surface area (Å²) in [5.74, 6) is 0. The minimum absolute atomic E-state index is 0.704. The maximum Gasteiger partial charge on any atom is 0.0991 e. The van der Waals surface area contributed by atoms with Crippen molar-refractivity contribution in [3.8, 4) is 28.3 Å². The third-order valence-electron chi connectivity index (χ3n) is 6.14. The molecule has 0 atom stereocenters. The molecule has 0 saturated carbocycles. The minimum atomic E-state index is 0.704. The van der Waals surface area contributed by atoms with Crippen molar-refractivity contribution in [1.82, 2.24) is 0 Å². The first kappa shape index (κ1) is 20.2. The summed E-state index contributed by atoms with van der Waals surface area (Å²) in [4.78, 5) is 2.57. The smallest absolute Gasteiger partial charge is 0.0991 e. The molecule has 0 spiro atoms. The Balaban J connectivity index is 1.59. The van der Waals surface area contributed by atoms with E-state index in [1.807, 2.05) is 24.3 Å². The van der Waals surface area contributed by atoms with E-state index in [-0.39, 0.29) is 0 Å². The molecule has 0 saturated heterocycles. The van der Waals surface area contributed by atoms with E-state index in [4.69, 9.17) is 5.26 Å². The van der Waals surface area contributed by atoms with Crippen molar-refractivity contribution in [2.45, 2.75) is 46.0 Å². The van der Waals surface area contributed by atoms with Gasteiger partial charge in [-0.05, 0) is 76.9 Å². The van der Waals surface area contributed by atoms with E-state index >= 15 is 0 Å². The van der Waals surface area contributed by atoms with Crippen LogP contribution in [-0.4, -0.2) is 13.1 Å². The van der Waals surface area contributed by atoms with Gasteiger partial charge in [-0.15, -0.1) is 0 Å². The summed E-state index contributed by atoms with van der Waals surface area (Å²) in [5.41, 5.74) is 10.0. The Morgan fingerprint density at radius 1 is 0.767 bits per heavy atom. The Bertz CT molecular complexity index is 1050. The Morgan fingerprint density at radius 3 is 2.00 bits per heavy atom. The second-order valence-corrected chi connectivity index (χ2v) is 8.27. The molecule has 4 rings (SSSR count). The van der Waals surface area contributed by atoms with Crippen LogP contribution in [0.15, 0.2) is 60.7 Å². The minimum Gasteiger partial charge on any atom is -0.372 e. The number of nitrogens with zero attached hydrogens (tertiary/aromatic N) is 2. The van der Waals surface area contributed by atoms with Crippen LogP contribution in [-0.2, 0) is 6.42 Å². The number of rotatable bonds is 8. The van der Waals surface area contributed by atoms with Gasteiger partial charge in [-0.2, -0.15) is 5.26 Å². The number of benzene rings is 3. The fourth-order valence-electron chi connectivity index (χ4n) is 4.38. The van der Waals surface area contributed by atoms with Crippen molar-refractivity contribution >= 4 is 5.69 Å². The first-order valence-electron chi connectivity index (χ1n) is 11.2. The zero-order valence-electron chi connectivity index (χ0n) is 18.1. The Kier molecular flexibility index (Phi) is 6.19. The van der Waals surface area contributed by atoms with E-state index in [2.05, 4.69) is 61.2 Å². The molecule has 2 heteroatoms. The SMILES string of the molecule is CCCCN(CCCC)c1ccc2c(c1)Cc1cc(-c3ccc(C#N)cc3)ccc1-2. The van der Waals surface area contributed by atoms with Gasteiger partial charge in [0.05, 0.1) is 11.6 Å². The Morgan fingerprint density at radius 2 is 1.37 bits per heavy atom. The van der Waals surface area contributed by atoms with E-state index in [1.165, 1.54) is 64.8 Å². The van der Waals surface area contributed by atoms with Crippen LogP contribution >= 0.6 is 0 Å². The monoisotopic (exact) mass is 394 g/mol. The summed E-state index contributed by atoms with van der Waals surface area (Å²) >= 11 is 0. The molecular weight excluding hydrogens is 364 g/mol. The van der Waals surface area contributed by atoms with Crippen LogP contribution in [0, 0.1) is 11.3 Å². The molecule has 0 amide bonds. The molecule has 0 aliphatic heterocycles. The third-order valence-corrected chi connectivity index (χ3v) is 6.14. The lowest BCUT2D eigenvalue weighted by molar-refractivity contribution is 0.678. The lowest BCUT2D eigenvalue weighted by Gasteiger charge is -2.25. The van der Waals surface area contributed by atoms with E-state index in [9.17, 15) is 0 Å². The lowest BCUT2D eigenvalue weighted by Crippen LogP contribution is -2.25. The van der Waals surface area contributed by atoms with Crippen molar-refractivity contribution in [3.05, 3.63) is 77.4 Å². The molecular formula is C28H30N2. The van der Waals surface area contributed by atoms with Gasteiger partial charge in [0.25, 0.3) is 0 Å². The van der Waals surface area contributed by atoms with E-state index in [1.54, 1.807) is 0 Å². The summed E-state index contributed by atoms with van der Waals surface area (Å²) < 4.78 is 0.